The number of aromatic nitrogens is 1. The Morgan fingerprint density at radius 2 is 1.66 bits per heavy atom. The summed E-state index contributed by atoms with van der Waals surface area (Å²) in [5.41, 5.74) is -0.345. The van der Waals surface area contributed by atoms with Gasteiger partial charge in [0.1, 0.15) is 23.8 Å². The lowest BCUT2D eigenvalue weighted by molar-refractivity contribution is -0.152. The molecule has 3 amide bonds. The number of rotatable bonds is 11. The zero-order valence-corrected chi connectivity index (χ0v) is 29.9. The molecule has 2 aromatic carbocycles. The molecular weight excluding hydrogens is 711 g/mol. The first kappa shape index (κ1) is 36.3. The first-order valence-electron chi connectivity index (χ1n) is 14.9. The third-order valence-corrected chi connectivity index (χ3v) is 9.33. The average molecular weight is 744 g/mol. The summed E-state index contributed by atoms with van der Waals surface area (Å²) in [6.45, 7) is 5.09. The van der Waals surface area contributed by atoms with Crippen molar-refractivity contribution in [3.63, 3.8) is 0 Å². The molecule has 2 unspecified atom stereocenters. The van der Waals surface area contributed by atoms with E-state index in [-0.39, 0.29) is 23.0 Å². The number of nitrogens with zero attached hydrogens (tertiary/aromatic N) is 3. The minimum Gasteiger partial charge on any atom is -0.448 e. The summed E-state index contributed by atoms with van der Waals surface area (Å²) in [5.74, 6) is -2.96. The van der Waals surface area contributed by atoms with Crippen LogP contribution < -0.4 is 10.6 Å². The highest BCUT2D eigenvalue weighted by Gasteiger charge is 2.52. The number of benzene rings is 2. The Bertz CT molecular complexity index is 1900. The average Bonchev–Trinajstić information content (AvgIpc) is 3.49. The molecule has 50 heavy (non-hydrogen) atoms. The van der Waals surface area contributed by atoms with E-state index < -0.39 is 67.9 Å². The number of carbonyl (C=O) groups excluding carboxylic acids is 4. The highest BCUT2D eigenvalue weighted by molar-refractivity contribution is 8.00. The number of esters is 1. The first-order chi connectivity index (χ1) is 23.6. The van der Waals surface area contributed by atoms with E-state index in [2.05, 4.69) is 20.8 Å². The number of amides is 3. The van der Waals surface area contributed by atoms with Gasteiger partial charge in [-0.3, -0.25) is 19.8 Å². The Kier molecular flexibility index (Phi) is 10.8. The second kappa shape index (κ2) is 14.9. The van der Waals surface area contributed by atoms with Crippen LogP contribution in [-0.4, -0.2) is 77.6 Å². The number of oxime groups is 1. The molecule has 5 rings (SSSR count). The standard InChI is InChI=1S/C32H33N5O10S3/c1-32(2,3)46-31(41)35-30-33-20(17-48-30)23(36-44-4)27(39)34-28-26(47-50(5,42)43)24(37-21(38)16-22(37)49-28)29(40)45-25(18-12-8-6-9-13-18)19-14-10-7-11-15-19/h6-15,17,22,25,28H,16H2,1-5H3,(H,34,39)(H,33,35,41)/b36-23-. The smallest absolute Gasteiger partial charge is 0.413 e. The van der Waals surface area contributed by atoms with E-state index in [1.54, 1.807) is 81.4 Å². The van der Waals surface area contributed by atoms with E-state index in [1.807, 2.05) is 0 Å². The molecule has 2 N–H and O–H groups in total. The van der Waals surface area contributed by atoms with Crippen molar-refractivity contribution in [2.24, 2.45) is 5.16 Å². The second-order valence-corrected chi connectivity index (χ2v) is 15.5. The monoisotopic (exact) mass is 743 g/mol. The Morgan fingerprint density at radius 3 is 2.20 bits per heavy atom. The van der Waals surface area contributed by atoms with E-state index in [0.29, 0.717) is 11.1 Å². The first-order valence-corrected chi connectivity index (χ1v) is 18.6. The van der Waals surface area contributed by atoms with Crippen molar-refractivity contribution in [3.8, 4) is 0 Å². The predicted molar refractivity (Wildman–Crippen MR) is 184 cm³/mol. The lowest BCUT2D eigenvalue weighted by Crippen LogP contribution is -2.58. The lowest BCUT2D eigenvalue weighted by atomic mass is 10.0. The van der Waals surface area contributed by atoms with Gasteiger partial charge in [-0.25, -0.2) is 14.6 Å². The van der Waals surface area contributed by atoms with Crippen molar-refractivity contribution < 1.29 is 46.1 Å². The minimum atomic E-state index is -4.32. The van der Waals surface area contributed by atoms with Gasteiger partial charge in [-0.15, -0.1) is 23.1 Å². The third-order valence-electron chi connectivity index (χ3n) is 6.79. The maximum Gasteiger partial charge on any atom is 0.413 e. The van der Waals surface area contributed by atoms with Crippen molar-refractivity contribution in [2.75, 3.05) is 18.7 Å². The van der Waals surface area contributed by atoms with E-state index in [1.165, 1.54) is 12.5 Å². The fourth-order valence-corrected chi connectivity index (χ4v) is 7.43. The highest BCUT2D eigenvalue weighted by atomic mass is 32.2. The SMILES string of the molecule is CO/N=C(\C(=O)NC1SC2CC(=O)N2C(C(=O)OC(c2ccccc2)c2ccccc2)=C1OS(C)(=O)=O)c1csc(NC(=O)OC(C)(C)C)n1. The van der Waals surface area contributed by atoms with Crippen molar-refractivity contribution in [2.45, 2.75) is 49.6 Å². The molecule has 2 aliphatic heterocycles. The third kappa shape index (κ3) is 8.80. The predicted octanol–water partition coefficient (Wildman–Crippen LogP) is 4.11. The number of thiazole rings is 1. The number of anilines is 1. The molecule has 18 heteroatoms. The van der Waals surface area contributed by atoms with Crippen molar-refractivity contribution in [3.05, 3.63) is 94.3 Å². The van der Waals surface area contributed by atoms with Crippen LogP contribution in [0.4, 0.5) is 9.93 Å². The Morgan fingerprint density at radius 1 is 1.04 bits per heavy atom. The maximum absolute atomic E-state index is 14.1. The largest absolute Gasteiger partial charge is 0.448 e. The van der Waals surface area contributed by atoms with Gasteiger partial charge in [0, 0.05) is 5.38 Å². The zero-order chi connectivity index (χ0) is 36.2. The molecule has 0 spiro atoms. The van der Waals surface area contributed by atoms with Gasteiger partial charge >= 0.3 is 22.2 Å². The molecule has 264 valence electrons. The maximum atomic E-state index is 14.1. The van der Waals surface area contributed by atoms with E-state index in [4.69, 9.17) is 18.5 Å². The summed E-state index contributed by atoms with van der Waals surface area (Å²) >= 11 is 1.96. The molecular formula is C32H33N5O10S3. The summed E-state index contributed by atoms with van der Waals surface area (Å²) in [4.78, 5) is 63.1. The van der Waals surface area contributed by atoms with Crippen molar-refractivity contribution in [1.82, 2.24) is 15.2 Å². The number of nitrogens with one attached hydrogen (secondary N) is 2. The number of hydrogen-bond acceptors (Lipinski definition) is 14. The van der Waals surface area contributed by atoms with Gasteiger partial charge in [-0.1, -0.05) is 65.8 Å². The molecule has 0 aliphatic carbocycles. The van der Waals surface area contributed by atoms with E-state index in [9.17, 15) is 27.6 Å². The molecule has 15 nitrogen and oxygen atoms in total. The van der Waals surface area contributed by atoms with Gasteiger partial charge in [0.25, 0.3) is 5.91 Å². The molecule has 2 atom stereocenters. The molecule has 1 saturated heterocycles. The Labute approximate surface area is 296 Å². The summed E-state index contributed by atoms with van der Waals surface area (Å²) < 4.78 is 41.7. The van der Waals surface area contributed by atoms with Gasteiger partial charge < -0.3 is 23.8 Å². The topological polar surface area (TPSA) is 192 Å². The normalized spacial score (nSPS) is 17.8. The number of β-lactam (4-membered cyclic amide) rings is 1. The van der Waals surface area contributed by atoms with Crippen molar-refractivity contribution in [1.29, 1.82) is 0 Å². The molecule has 1 aromatic heterocycles. The highest BCUT2D eigenvalue weighted by Crippen LogP contribution is 2.45. The van der Waals surface area contributed by atoms with Crippen LogP contribution in [0.5, 0.6) is 0 Å². The number of ether oxygens (including phenoxy) is 2. The van der Waals surface area contributed by atoms with Gasteiger partial charge in [-0.05, 0) is 31.9 Å². The zero-order valence-electron chi connectivity index (χ0n) is 27.4. The quantitative estimate of drug-likeness (QED) is 0.0941. The molecule has 0 radical (unpaired) electrons. The second-order valence-electron chi connectivity index (χ2n) is 11.8. The number of carbonyl (C=O) groups is 4. The van der Waals surface area contributed by atoms with E-state index >= 15 is 0 Å². The van der Waals surface area contributed by atoms with Gasteiger partial charge in [-0.2, -0.15) is 8.42 Å². The number of thioether (sulfide) groups is 1. The summed E-state index contributed by atoms with van der Waals surface area (Å²) in [6, 6.07) is 17.7. The molecule has 3 heterocycles. The van der Waals surface area contributed by atoms with Crippen LogP contribution in [0.2, 0.25) is 0 Å². The van der Waals surface area contributed by atoms with Crippen LogP contribution in [0.1, 0.15) is 50.1 Å². The molecule has 3 aromatic rings. The van der Waals surface area contributed by atoms with Crippen LogP contribution >= 0.6 is 23.1 Å². The van der Waals surface area contributed by atoms with Gasteiger partial charge in [0.15, 0.2) is 28.4 Å². The van der Waals surface area contributed by atoms with Crippen LogP contribution in [0.3, 0.4) is 0 Å². The Balaban J connectivity index is 1.48. The van der Waals surface area contributed by atoms with Crippen LogP contribution in [-0.2, 0) is 43.0 Å². The number of fused-ring (bicyclic) bond motifs is 1. The van der Waals surface area contributed by atoms with Gasteiger partial charge in [0.2, 0.25) is 5.91 Å². The molecule has 1 fully saturated rings. The molecule has 0 bridgehead atoms. The van der Waals surface area contributed by atoms with Crippen LogP contribution in [0.25, 0.3) is 0 Å². The van der Waals surface area contributed by atoms with Gasteiger partial charge in [0.05, 0.1) is 18.1 Å². The fraction of sp³-hybridized carbons (Fsp3) is 0.312. The fourth-order valence-electron chi connectivity index (χ4n) is 4.83. The van der Waals surface area contributed by atoms with Crippen LogP contribution in [0.15, 0.2) is 82.7 Å². The van der Waals surface area contributed by atoms with E-state index in [0.717, 1.165) is 34.3 Å². The molecule has 0 saturated carbocycles. The van der Waals surface area contributed by atoms with Crippen LogP contribution in [0, 0.1) is 0 Å². The minimum absolute atomic E-state index is 0.00410. The lowest BCUT2D eigenvalue weighted by Gasteiger charge is -2.46. The summed E-state index contributed by atoms with van der Waals surface area (Å²) in [7, 11) is -3.11. The summed E-state index contributed by atoms with van der Waals surface area (Å²) in [5, 5.41) is 8.45. The van der Waals surface area contributed by atoms with Crippen molar-refractivity contribution >= 4 is 67.9 Å². The number of hydrogen-bond donors (Lipinski definition) is 2. The summed E-state index contributed by atoms with van der Waals surface area (Å²) in [6.07, 6.45) is -0.950. The Hall–Kier alpha value is -4.94. The molecule has 2 aliphatic rings.